The molecule has 6 heteroatoms. The number of hydrogen-bond donors (Lipinski definition) is 0. The fraction of sp³-hybridized carbons (Fsp3) is 0.111. The molecule has 3 rings (SSSR count). The van der Waals surface area contributed by atoms with Crippen LogP contribution in [0.1, 0.15) is 16.1 Å². The first-order valence-corrected chi connectivity index (χ1v) is 7.05. The van der Waals surface area contributed by atoms with Crippen LogP contribution in [0.5, 0.6) is 11.6 Å². The molecular formula is C18H14NNaO4. The summed E-state index contributed by atoms with van der Waals surface area (Å²) < 4.78 is 11.0. The van der Waals surface area contributed by atoms with Crippen LogP contribution >= 0.6 is 0 Å². The van der Waals surface area contributed by atoms with Gasteiger partial charge in [-0.25, -0.2) is 4.98 Å². The number of ether oxygens (including phenoxy) is 2. The van der Waals surface area contributed by atoms with Gasteiger partial charge in [-0.05, 0) is 23.8 Å². The van der Waals surface area contributed by atoms with E-state index >= 15 is 0 Å². The summed E-state index contributed by atoms with van der Waals surface area (Å²) in [6.07, 6.45) is 0. The van der Waals surface area contributed by atoms with Crippen LogP contribution in [0.4, 0.5) is 0 Å². The van der Waals surface area contributed by atoms with Crippen LogP contribution in [0.3, 0.4) is 0 Å². The zero-order valence-electron chi connectivity index (χ0n) is 13.5. The molecule has 0 spiro atoms. The molecule has 1 heterocycles. The van der Waals surface area contributed by atoms with E-state index in [1.165, 1.54) is 13.2 Å². The summed E-state index contributed by atoms with van der Waals surface area (Å²) in [6.45, 7) is 0.380. The number of aromatic carboxylic acids is 1. The third-order valence-corrected chi connectivity index (χ3v) is 3.44. The van der Waals surface area contributed by atoms with E-state index in [9.17, 15) is 9.90 Å². The van der Waals surface area contributed by atoms with Crippen molar-refractivity contribution >= 4 is 16.7 Å². The van der Waals surface area contributed by atoms with Gasteiger partial charge in [-0.2, -0.15) is 0 Å². The van der Waals surface area contributed by atoms with Gasteiger partial charge in [0.2, 0.25) is 5.88 Å². The summed E-state index contributed by atoms with van der Waals surface area (Å²) in [5.74, 6) is -0.565. The molecule has 2 aromatic carbocycles. The molecule has 0 saturated heterocycles. The Morgan fingerprint density at radius 2 is 1.83 bits per heavy atom. The van der Waals surface area contributed by atoms with Crippen LogP contribution in [-0.4, -0.2) is 18.1 Å². The molecule has 0 saturated carbocycles. The summed E-state index contributed by atoms with van der Waals surface area (Å²) in [6, 6.07) is 16.5. The minimum absolute atomic E-state index is 0. The van der Waals surface area contributed by atoms with E-state index in [1.807, 2.05) is 36.4 Å². The van der Waals surface area contributed by atoms with E-state index in [-0.39, 0.29) is 41.1 Å². The SMILES string of the molecule is COc1nc(C(=O)[O-])cc2c(OCc3ccccc3)cccc12.[Na+]. The van der Waals surface area contributed by atoms with Crippen molar-refractivity contribution in [2.75, 3.05) is 7.11 Å². The normalized spacial score (nSPS) is 10.0. The van der Waals surface area contributed by atoms with Gasteiger partial charge in [-0.1, -0.05) is 36.4 Å². The number of aromatic nitrogens is 1. The monoisotopic (exact) mass is 331 g/mol. The molecule has 0 aliphatic heterocycles. The van der Waals surface area contributed by atoms with Crippen molar-refractivity contribution in [3.63, 3.8) is 0 Å². The van der Waals surface area contributed by atoms with Crippen LogP contribution in [-0.2, 0) is 6.61 Å². The molecule has 0 fully saturated rings. The minimum atomic E-state index is -1.36. The molecule has 24 heavy (non-hydrogen) atoms. The van der Waals surface area contributed by atoms with Gasteiger partial charge in [-0.15, -0.1) is 0 Å². The van der Waals surface area contributed by atoms with Gasteiger partial charge in [0.15, 0.2) is 0 Å². The van der Waals surface area contributed by atoms with Crippen LogP contribution in [0.25, 0.3) is 10.8 Å². The minimum Gasteiger partial charge on any atom is -0.543 e. The molecule has 1 aromatic heterocycles. The fourth-order valence-corrected chi connectivity index (χ4v) is 2.34. The van der Waals surface area contributed by atoms with Crippen molar-refractivity contribution in [3.8, 4) is 11.6 Å². The van der Waals surface area contributed by atoms with Crippen molar-refractivity contribution in [1.29, 1.82) is 0 Å². The molecule has 3 aromatic rings. The number of fused-ring (bicyclic) bond motifs is 1. The number of benzene rings is 2. The van der Waals surface area contributed by atoms with Crippen molar-refractivity contribution in [3.05, 3.63) is 65.9 Å². The first-order chi connectivity index (χ1) is 11.2. The van der Waals surface area contributed by atoms with E-state index in [4.69, 9.17) is 9.47 Å². The number of rotatable bonds is 5. The summed E-state index contributed by atoms with van der Waals surface area (Å²) in [7, 11) is 1.44. The van der Waals surface area contributed by atoms with E-state index < -0.39 is 5.97 Å². The van der Waals surface area contributed by atoms with Gasteiger partial charge < -0.3 is 19.4 Å². The van der Waals surface area contributed by atoms with Crippen molar-refractivity contribution in [1.82, 2.24) is 4.98 Å². The second kappa shape index (κ2) is 8.15. The Labute approximate surface area is 161 Å². The Balaban J connectivity index is 0.00000208. The number of carbonyl (C=O) groups is 1. The van der Waals surface area contributed by atoms with Crippen LogP contribution in [0.15, 0.2) is 54.6 Å². The van der Waals surface area contributed by atoms with Crippen molar-refractivity contribution in [2.24, 2.45) is 0 Å². The summed E-state index contributed by atoms with van der Waals surface area (Å²) in [4.78, 5) is 15.1. The number of pyridine rings is 1. The number of nitrogens with zero attached hydrogens (tertiary/aromatic N) is 1. The molecule has 0 unspecified atom stereocenters. The van der Waals surface area contributed by atoms with Gasteiger partial charge in [0, 0.05) is 10.8 Å². The zero-order valence-corrected chi connectivity index (χ0v) is 15.5. The summed E-state index contributed by atoms with van der Waals surface area (Å²) in [5, 5.41) is 12.4. The molecule has 0 amide bonds. The predicted octanol–water partition coefficient (Wildman–Crippen LogP) is -0.810. The molecule has 0 aliphatic carbocycles. The van der Waals surface area contributed by atoms with E-state index in [0.29, 0.717) is 23.1 Å². The fourth-order valence-electron chi connectivity index (χ4n) is 2.34. The second-order valence-corrected chi connectivity index (χ2v) is 4.93. The predicted molar refractivity (Wildman–Crippen MR) is 83.4 cm³/mol. The van der Waals surface area contributed by atoms with Crippen LogP contribution in [0.2, 0.25) is 0 Å². The quantitative estimate of drug-likeness (QED) is 0.572. The molecule has 0 N–H and O–H groups in total. The maximum absolute atomic E-state index is 11.1. The molecule has 0 radical (unpaired) electrons. The van der Waals surface area contributed by atoms with Crippen molar-refractivity contribution < 1.29 is 48.9 Å². The van der Waals surface area contributed by atoms with Gasteiger partial charge >= 0.3 is 29.6 Å². The Hall–Kier alpha value is -2.08. The number of carbonyl (C=O) groups excluding carboxylic acids is 1. The van der Waals surface area contributed by atoms with Crippen LogP contribution in [0, 0.1) is 0 Å². The van der Waals surface area contributed by atoms with Gasteiger partial charge in [0.1, 0.15) is 12.4 Å². The topological polar surface area (TPSA) is 71.5 Å². The van der Waals surface area contributed by atoms with E-state index in [2.05, 4.69) is 4.98 Å². The van der Waals surface area contributed by atoms with E-state index in [1.54, 1.807) is 12.1 Å². The Kier molecular flexibility index (Phi) is 6.20. The summed E-state index contributed by atoms with van der Waals surface area (Å²) >= 11 is 0. The Morgan fingerprint density at radius 3 is 2.50 bits per heavy atom. The first-order valence-electron chi connectivity index (χ1n) is 7.05. The average Bonchev–Trinajstić information content (AvgIpc) is 2.59. The second-order valence-electron chi connectivity index (χ2n) is 4.93. The van der Waals surface area contributed by atoms with Crippen LogP contribution < -0.4 is 44.1 Å². The van der Waals surface area contributed by atoms with E-state index in [0.717, 1.165) is 5.56 Å². The maximum atomic E-state index is 11.1. The van der Waals surface area contributed by atoms with Gasteiger partial charge in [0.25, 0.3) is 0 Å². The number of hydrogen-bond acceptors (Lipinski definition) is 5. The van der Waals surface area contributed by atoms with Crippen molar-refractivity contribution in [2.45, 2.75) is 6.61 Å². The molecule has 0 aliphatic rings. The zero-order chi connectivity index (χ0) is 16.2. The van der Waals surface area contributed by atoms with Gasteiger partial charge in [-0.3, -0.25) is 0 Å². The van der Waals surface area contributed by atoms with Gasteiger partial charge in [0.05, 0.1) is 18.8 Å². The molecule has 0 bridgehead atoms. The third kappa shape index (κ3) is 3.87. The molecule has 0 atom stereocenters. The first kappa shape index (κ1) is 18.3. The number of methoxy groups -OCH3 is 1. The maximum Gasteiger partial charge on any atom is 1.00 e. The molecule has 5 nitrogen and oxygen atoms in total. The molecule has 116 valence electrons. The Morgan fingerprint density at radius 1 is 1.08 bits per heavy atom. The molecular weight excluding hydrogens is 317 g/mol. The number of carboxylic acid groups (broad SMARTS) is 1. The Bertz CT molecular complexity index is 852. The largest absolute Gasteiger partial charge is 1.00 e. The summed E-state index contributed by atoms with van der Waals surface area (Å²) in [5.41, 5.74) is 0.829. The smallest absolute Gasteiger partial charge is 0.543 e. The standard InChI is InChI=1S/C18H15NO4.Na/c1-22-17-13-8-5-9-16(14(13)10-15(19-17)18(20)21)23-11-12-6-3-2-4-7-12;/h2-10H,11H2,1H3,(H,20,21);/q;+1/p-1. The third-order valence-electron chi connectivity index (χ3n) is 3.44. The number of carboxylic acids is 1. The average molecular weight is 331 g/mol.